The van der Waals surface area contributed by atoms with E-state index < -0.39 is 18.0 Å². The molecule has 0 aliphatic carbocycles. The Hall–Kier alpha value is -3.37. The van der Waals surface area contributed by atoms with Crippen molar-refractivity contribution >= 4 is 11.7 Å². The Morgan fingerprint density at radius 1 is 1.19 bits per heavy atom. The fraction of sp³-hybridized carbons (Fsp3) is 0.429. The highest BCUT2D eigenvalue weighted by atomic mass is 19.4. The lowest BCUT2D eigenvalue weighted by molar-refractivity contribution is -0.142. The second-order valence-electron chi connectivity index (χ2n) is 7.55. The van der Waals surface area contributed by atoms with Crippen molar-refractivity contribution in [1.29, 1.82) is 0 Å². The molecule has 170 valence electrons. The number of benzene rings is 1. The van der Waals surface area contributed by atoms with Gasteiger partial charge in [0.1, 0.15) is 6.33 Å². The number of halogens is 3. The fourth-order valence-electron chi connectivity index (χ4n) is 3.85. The first-order valence-corrected chi connectivity index (χ1v) is 10.1. The van der Waals surface area contributed by atoms with Crippen molar-refractivity contribution in [2.24, 2.45) is 0 Å². The quantitative estimate of drug-likeness (QED) is 0.595. The zero-order valence-corrected chi connectivity index (χ0v) is 17.5. The van der Waals surface area contributed by atoms with Crippen molar-refractivity contribution in [3.8, 4) is 11.5 Å². The van der Waals surface area contributed by atoms with Gasteiger partial charge in [0.05, 0.1) is 7.11 Å². The Morgan fingerprint density at radius 3 is 2.53 bits per heavy atom. The van der Waals surface area contributed by atoms with Crippen molar-refractivity contribution in [2.45, 2.75) is 38.0 Å². The lowest BCUT2D eigenvalue weighted by Gasteiger charge is -2.33. The summed E-state index contributed by atoms with van der Waals surface area (Å²) in [5.74, 6) is 0.503. The Balaban J connectivity index is 1.43. The fourth-order valence-corrected chi connectivity index (χ4v) is 3.85. The van der Waals surface area contributed by atoms with E-state index in [-0.39, 0.29) is 17.6 Å². The number of ether oxygens (including phenoxy) is 2. The lowest BCUT2D eigenvalue weighted by Crippen LogP contribution is -2.44. The smallest absolute Gasteiger partial charge is 0.433 e. The number of aromatic nitrogens is 4. The molecule has 1 fully saturated rings. The number of nitrogens with zero attached hydrogens (tertiary/aromatic N) is 5. The average Bonchev–Trinajstić information content (AvgIpc) is 3.26. The maximum Gasteiger partial charge on any atom is 0.433 e. The van der Waals surface area contributed by atoms with E-state index in [1.807, 2.05) is 0 Å². The van der Waals surface area contributed by atoms with Crippen LogP contribution in [-0.2, 0) is 11.0 Å². The first-order valence-electron chi connectivity index (χ1n) is 10.1. The third-order valence-corrected chi connectivity index (χ3v) is 5.51. The number of para-hydroxylation sites is 2. The maximum absolute atomic E-state index is 13.4. The minimum absolute atomic E-state index is 0.0906. The number of fused-ring (bicyclic) bond motifs is 1. The molecule has 1 atom stereocenters. The predicted octanol–water partition coefficient (Wildman–Crippen LogP) is 3.33. The molecule has 0 radical (unpaired) electrons. The molecule has 1 aliphatic heterocycles. The molecule has 1 amide bonds. The van der Waals surface area contributed by atoms with Gasteiger partial charge >= 0.3 is 6.18 Å². The van der Waals surface area contributed by atoms with Gasteiger partial charge in [0.2, 0.25) is 0 Å². The molecule has 2 aromatic heterocycles. The van der Waals surface area contributed by atoms with Crippen LogP contribution < -0.4 is 9.47 Å². The van der Waals surface area contributed by atoms with Gasteiger partial charge in [-0.2, -0.15) is 27.8 Å². The largest absolute Gasteiger partial charge is 0.493 e. The Labute approximate surface area is 182 Å². The summed E-state index contributed by atoms with van der Waals surface area (Å²) < 4.78 is 52.0. The molecular weight excluding hydrogens is 427 g/mol. The number of carbonyl (C=O) groups excluding carboxylic acids is 1. The number of methoxy groups -OCH3 is 1. The van der Waals surface area contributed by atoms with Crippen LogP contribution in [0.3, 0.4) is 0 Å². The summed E-state index contributed by atoms with van der Waals surface area (Å²) in [6, 6.07) is 8.08. The predicted molar refractivity (Wildman–Crippen MR) is 107 cm³/mol. The monoisotopic (exact) mass is 449 g/mol. The summed E-state index contributed by atoms with van der Waals surface area (Å²) >= 11 is 0. The molecule has 0 spiro atoms. The SMILES string of the molecule is COc1ccccc1OC(C)C(=O)N1CCC(c2cc(C(F)(F)F)n3ncnc3n2)CC1. The summed E-state index contributed by atoms with van der Waals surface area (Å²) in [6.07, 6.45) is -3.29. The molecule has 3 heterocycles. The van der Waals surface area contributed by atoms with Crippen LogP contribution >= 0.6 is 0 Å². The topological polar surface area (TPSA) is 81.9 Å². The molecular formula is C21H22F3N5O3. The number of hydrogen-bond acceptors (Lipinski definition) is 6. The van der Waals surface area contributed by atoms with Gasteiger partial charge in [-0.05, 0) is 38.0 Å². The van der Waals surface area contributed by atoms with E-state index >= 15 is 0 Å². The third-order valence-electron chi connectivity index (χ3n) is 5.51. The van der Waals surface area contributed by atoms with Crippen LogP contribution in [0.1, 0.15) is 37.1 Å². The molecule has 1 aromatic carbocycles. The van der Waals surface area contributed by atoms with Gasteiger partial charge in [-0.3, -0.25) is 4.79 Å². The molecule has 1 saturated heterocycles. The van der Waals surface area contributed by atoms with E-state index in [1.165, 1.54) is 7.11 Å². The van der Waals surface area contributed by atoms with Gasteiger partial charge in [0, 0.05) is 24.7 Å². The summed E-state index contributed by atoms with van der Waals surface area (Å²) in [6.45, 7) is 2.45. The number of likely N-dealkylation sites (tertiary alicyclic amines) is 1. The minimum atomic E-state index is -4.58. The standard InChI is InChI=1S/C21H22F3N5O3/c1-13(32-17-6-4-3-5-16(17)31-2)19(30)28-9-7-14(8-10-28)15-11-18(21(22,23)24)29-20(27-15)25-12-26-29/h3-6,11-14H,7-10H2,1-2H3. The molecule has 3 aromatic rings. The highest BCUT2D eigenvalue weighted by molar-refractivity contribution is 5.81. The van der Waals surface area contributed by atoms with Gasteiger partial charge in [-0.1, -0.05) is 12.1 Å². The van der Waals surface area contributed by atoms with Crippen molar-refractivity contribution in [3.63, 3.8) is 0 Å². The van der Waals surface area contributed by atoms with Crippen LogP contribution in [0.25, 0.3) is 5.78 Å². The molecule has 0 N–H and O–H groups in total. The minimum Gasteiger partial charge on any atom is -0.493 e. The summed E-state index contributed by atoms with van der Waals surface area (Å²) in [4.78, 5) is 22.6. The van der Waals surface area contributed by atoms with Crippen LogP contribution in [0, 0.1) is 0 Å². The van der Waals surface area contributed by atoms with Gasteiger partial charge in [0.15, 0.2) is 23.3 Å². The number of piperidine rings is 1. The number of rotatable bonds is 5. The second kappa shape index (κ2) is 8.64. The number of hydrogen-bond donors (Lipinski definition) is 0. The van der Waals surface area contributed by atoms with Crippen LogP contribution in [0.15, 0.2) is 36.7 Å². The number of alkyl halides is 3. The van der Waals surface area contributed by atoms with Gasteiger partial charge in [-0.15, -0.1) is 0 Å². The highest BCUT2D eigenvalue weighted by Gasteiger charge is 2.36. The van der Waals surface area contributed by atoms with Crippen LogP contribution in [-0.4, -0.2) is 56.7 Å². The number of carbonyl (C=O) groups is 1. The van der Waals surface area contributed by atoms with E-state index in [2.05, 4.69) is 15.1 Å². The van der Waals surface area contributed by atoms with E-state index in [9.17, 15) is 18.0 Å². The zero-order chi connectivity index (χ0) is 22.9. The first kappa shape index (κ1) is 21.8. The normalized spacial score (nSPS) is 16.2. The number of amides is 1. The Morgan fingerprint density at radius 2 is 1.88 bits per heavy atom. The van der Waals surface area contributed by atoms with Gasteiger partial charge in [0.25, 0.3) is 11.7 Å². The van der Waals surface area contributed by atoms with Gasteiger partial charge in [-0.25, -0.2) is 4.98 Å². The zero-order valence-electron chi connectivity index (χ0n) is 17.5. The molecule has 32 heavy (non-hydrogen) atoms. The van der Waals surface area contributed by atoms with Crippen molar-refractivity contribution < 1.29 is 27.4 Å². The van der Waals surface area contributed by atoms with Crippen LogP contribution in [0.2, 0.25) is 0 Å². The van der Waals surface area contributed by atoms with E-state index in [4.69, 9.17) is 9.47 Å². The van der Waals surface area contributed by atoms with Crippen molar-refractivity contribution in [1.82, 2.24) is 24.5 Å². The summed E-state index contributed by atoms with van der Waals surface area (Å²) in [7, 11) is 1.52. The molecule has 1 unspecified atom stereocenters. The Kier molecular flexibility index (Phi) is 5.90. The molecule has 11 heteroatoms. The first-order chi connectivity index (χ1) is 15.3. The average molecular weight is 449 g/mol. The second-order valence-corrected chi connectivity index (χ2v) is 7.55. The molecule has 4 rings (SSSR count). The third kappa shape index (κ3) is 4.32. The van der Waals surface area contributed by atoms with Crippen molar-refractivity contribution in [2.75, 3.05) is 20.2 Å². The van der Waals surface area contributed by atoms with E-state index in [0.717, 1.165) is 12.4 Å². The summed E-state index contributed by atoms with van der Waals surface area (Å²) in [5.41, 5.74) is -0.601. The maximum atomic E-state index is 13.4. The highest BCUT2D eigenvalue weighted by Crippen LogP contribution is 2.34. The molecule has 0 saturated carbocycles. The Bertz CT molecular complexity index is 1110. The van der Waals surface area contributed by atoms with E-state index in [0.29, 0.717) is 47.6 Å². The van der Waals surface area contributed by atoms with Crippen LogP contribution in [0.5, 0.6) is 11.5 Å². The molecule has 8 nitrogen and oxygen atoms in total. The lowest BCUT2D eigenvalue weighted by atomic mass is 9.92. The van der Waals surface area contributed by atoms with Crippen LogP contribution in [0.4, 0.5) is 13.2 Å². The molecule has 1 aliphatic rings. The molecule has 0 bridgehead atoms. The summed E-state index contributed by atoms with van der Waals surface area (Å²) in [5, 5.41) is 3.62. The van der Waals surface area contributed by atoms with Gasteiger partial charge < -0.3 is 14.4 Å². The van der Waals surface area contributed by atoms with Crippen molar-refractivity contribution in [3.05, 3.63) is 48.0 Å². The van der Waals surface area contributed by atoms with E-state index in [1.54, 1.807) is 36.1 Å².